The van der Waals surface area contributed by atoms with Crippen LogP contribution in [0.2, 0.25) is 0 Å². The van der Waals surface area contributed by atoms with Crippen molar-refractivity contribution in [1.29, 1.82) is 0 Å². The third-order valence-electron chi connectivity index (χ3n) is 6.34. The summed E-state index contributed by atoms with van der Waals surface area (Å²) >= 11 is 0. The van der Waals surface area contributed by atoms with E-state index in [-0.39, 0.29) is 17.2 Å². The summed E-state index contributed by atoms with van der Waals surface area (Å²) < 4.78 is 0. The number of hydrogen-bond acceptors (Lipinski definition) is 4. The second-order valence-corrected chi connectivity index (χ2v) is 10.6. The third-order valence-corrected chi connectivity index (χ3v) is 6.34. The number of nitrogens with zero attached hydrogens (tertiary/aromatic N) is 2. The number of hydrogen-bond donors (Lipinski definition) is 2. The van der Waals surface area contributed by atoms with Gasteiger partial charge in [0.2, 0.25) is 12.1 Å². The smallest absolute Gasteiger partial charge is 0.272 e. The standard InChI is InChI=1S/C26H39N3O3/c1-6-7-12-22(30)19(15-17-13-14-17)24(31)28-23-25(32)29(5)21-11-9-8-10-18(21)20(27-23)16-26(2,3)4/h8-11,17,19,22-23,30H,6-7,12-16H2,1-5H3,(H,28,31)/t19-,22+,23-/m1/s1. The first-order chi connectivity index (χ1) is 15.1. The number of benzene rings is 1. The lowest BCUT2D eigenvalue weighted by Gasteiger charge is -2.25. The van der Waals surface area contributed by atoms with Gasteiger partial charge < -0.3 is 15.3 Å². The number of benzodiazepines with no additional fused rings is 1. The number of aliphatic hydroxyl groups is 1. The number of rotatable bonds is 9. The molecule has 1 fully saturated rings. The molecule has 176 valence electrons. The van der Waals surface area contributed by atoms with Crippen molar-refractivity contribution in [3.8, 4) is 0 Å². The van der Waals surface area contributed by atoms with Crippen molar-refractivity contribution in [1.82, 2.24) is 5.32 Å². The van der Waals surface area contributed by atoms with E-state index >= 15 is 0 Å². The molecule has 0 unspecified atom stereocenters. The van der Waals surface area contributed by atoms with Crippen molar-refractivity contribution in [3.05, 3.63) is 29.8 Å². The van der Waals surface area contributed by atoms with Crippen molar-refractivity contribution < 1.29 is 14.7 Å². The molecule has 2 N–H and O–H groups in total. The van der Waals surface area contributed by atoms with Gasteiger partial charge in [-0.05, 0) is 36.7 Å². The first-order valence-electron chi connectivity index (χ1n) is 12.0. The summed E-state index contributed by atoms with van der Waals surface area (Å²) in [6, 6.07) is 7.76. The topological polar surface area (TPSA) is 82.0 Å². The molecule has 0 saturated heterocycles. The predicted octanol–water partition coefficient (Wildman–Crippen LogP) is 4.30. The molecule has 3 rings (SSSR count). The maximum Gasteiger partial charge on any atom is 0.272 e. The van der Waals surface area contributed by atoms with Gasteiger partial charge in [-0.3, -0.25) is 14.6 Å². The molecule has 32 heavy (non-hydrogen) atoms. The number of fused-ring (bicyclic) bond motifs is 1. The van der Waals surface area contributed by atoms with E-state index in [1.165, 1.54) is 0 Å². The van der Waals surface area contributed by atoms with Gasteiger partial charge in [0.25, 0.3) is 5.91 Å². The fraction of sp³-hybridized carbons (Fsp3) is 0.654. The second kappa shape index (κ2) is 10.2. The maximum atomic E-state index is 13.3. The van der Waals surface area contributed by atoms with Gasteiger partial charge in [-0.1, -0.05) is 71.6 Å². The van der Waals surface area contributed by atoms with E-state index < -0.39 is 18.2 Å². The van der Waals surface area contributed by atoms with E-state index in [1.807, 2.05) is 24.3 Å². The van der Waals surface area contributed by atoms with Gasteiger partial charge in [0.05, 0.1) is 17.7 Å². The van der Waals surface area contributed by atoms with Crippen molar-refractivity contribution in [2.75, 3.05) is 11.9 Å². The van der Waals surface area contributed by atoms with Crippen LogP contribution in [0.1, 0.15) is 78.2 Å². The first kappa shape index (κ1) is 24.4. The minimum atomic E-state index is -0.989. The number of aliphatic hydroxyl groups excluding tert-OH is 1. The van der Waals surface area contributed by atoms with Crippen LogP contribution in [0.4, 0.5) is 5.69 Å². The van der Waals surface area contributed by atoms with E-state index in [4.69, 9.17) is 4.99 Å². The predicted molar refractivity (Wildman–Crippen MR) is 129 cm³/mol. The zero-order valence-electron chi connectivity index (χ0n) is 20.2. The monoisotopic (exact) mass is 441 g/mol. The average molecular weight is 442 g/mol. The molecule has 6 nitrogen and oxygen atoms in total. The number of unbranched alkanes of at least 4 members (excludes halogenated alkanes) is 1. The third kappa shape index (κ3) is 6.18. The summed E-state index contributed by atoms with van der Waals surface area (Å²) in [5.41, 5.74) is 2.51. The lowest BCUT2D eigenvalue weighted by Crippen LogP contribution is -2.49. The van der Waals surface area contributed by atoms with Crippen LogP contribution in [0.25, 0.3) is 0 Å². The van der Waals surface area contributed by atoms with Crippen LogP contribution in [-0.4, -0.2) is 41.9 Å². The SMILES string of the molecule is CCCC[C@H](O)[C@@H](CC1CC1)C(=O)N[C@H]1N=C(CC(C)(C)C)c2ccccc2N(C)C1=O. The Kier molecular flexibility index (Phi) is 7.75. The summed E-state index contributed by atoms with van der Waals surface area (Å²) in [6.07, 6.45) is 4.35. The van der Waals surface area contributed by atoms with Crippen LogP contribution in [0.3, 0.4) is 0 Å². The molecule has 0 spiro atoms. The van der Waals surface area contributed by atoms with Gasteiger partial charge in [-0.25, -0.2) is 0 Å². The Hall–Kier alpha value is -2.21. The first-order valence-corrected chi connectivity index (χ1v) is 12.0. The molecular weight excluding hydrogens is 402 g/mol. The Balaban J connectivity index is 1.88. The number of nitrogens with one attached hydrogen (secondary N) is 1. The highest BCUT2D eigenvalue weighted by Crippen LogP contribution is 2.37. The number of amides is 2. The molecule has 0 radical (unpaired) electrons. The molecule has 0 bridgehead atoms. The minimum Gasteiger partial charge on any atom is -0.392 e. The number of carbonyl (C=O) groups is 2. The number of aliphatic imine (C=N–C) groups is 1. The van der Waals surface area contributed by atoms with Gasteiger partial charge in [0.1, 0.15) is 0 Å². The van der Waals surface area contributed by atoms with E-state index in [2.05, 4.69) is 33.0 Å². The second-order valence-electron chi connectivity index (χ2n) is 10.6. The highest BCUT2D eigenvalue weighted by Gasteiger charge is 2.37. The van der Waals surface area contributed by atoms with E-state index in [1.54, 1.807) is 11.9 Å². The molecule has 0 aromatic heterocycles. The van der Waals surface area contributed by atoms with Crippen LogP contribution in [0, 0.1) is 17.3 Å². The molecular formula is C26H39N3O3. The number of anilines is 1. The molecule has 1 aromatic carbocycles. The Morgan fingerprint density at radius 1 is 1.28 bits per heavy atom. The van der Waals surface area contributed by atoms with E-state index in [0.29, 0.717) is 25.2 Å². The summed E-state index contributed by atoms with van der Waals surface area (Å²) in [5, 5.41) is 13.6. The Morgan fingerprint density at radius 3 is 2.59 bits per heavy atom. The molecule has 1 heterocycles. The van der Waals surface area contributed by atoms with Crippen molar-refractivity contribution in [3.63, 3.8) is 0 Å². The molecule has 1 aliphatic heterocycles. The summed E-state index contributed by atoms with van der Waals surface area (Å²) in [5.74, 6) is -0.530. The Morgan fingerprint density at radius 2 is 1.97 bits per heavy atom. The molecule has 6 heteroatoms. The fourth-order valence-corrected chi connectivity index (χ4v) is 4.34. The highest BCUT2D eigenvalue weighted by molar-refractivity contribution is 6.13. The van der Waals surface area contributed by atoms with Crippen molar-refractivity contribution in [2.45, 2.75) is 84.9 Å². The summed E-state index contributed by atoms with van der Waals surface area (Å²) in [7, 11) is 1.73. The van der Waals surface area contributed by atoms with Crippen molar-refractivity contribution >= 4 is 23.2 Å². The average Bonchev–Trinajstić information content (AvgIpc) is 3.57. The lowest BCUT2D eigenvalue weighted by molar-refractivity contribution is -0.133. The molecule has 1 aromatic rings. The highest BCUT2D eigenvalue weighted by atomic mass is 16.3. The van der Waals surface area contributed by atoms with Crippen LogP contribution < -0.4 is 10.2 Å². The largest absolute Gasteiger partial charge is 0.392 e. The molecule has 1 aliphatic carbocycles. The minimum absolute atomic E-state index is 0.0304. The van der Waals surface area contributed by atoms with Crippen LogP contribution in [0.15, 0.2) is 29.3 Å². The fourth-order valence-electron chi connectivity index (χ4n) is 4.34. The maximum absolute atomic E-state index is 13.3. The van der Waals surface area contributed by atoms with Gasteiger partial charge in [-0.15, -0.1) is 0 Å². The van der Waals surface area contributed by atoms with Gasteiger partial charge >= 0.3 is 0 Å². The molecule has 3 atom stereocenters. The zero-order valence-corrected chi connectivity index (χ0v) is 20.2. The van der Waals surface area contributed by atoms with Crippen molar-refractivity contribution in [2.24, 2.45) is 22.2 Å². The quantitative estimate of drug-likeness (QED) is 0.599. The Bertz CT molecular complexity index is 854. The normalized spacial score (nSPS) is 20.8. The van der Waals surface area contributed by atoms with Crippen LogP contribution in [-0.2, 0) is 9.59 Å². The van der Waals surface area contributed by atoms with Gasteiger partial charge in [0.15, 0.2) is 0 Å². The number of likely N-dealkylation sites (N-methyl/N-ethyl adjacent to an activating group) is 1. The van der Waals surface area contributed by atoms with Gasteiger partial charge in [-0.2, -0.15) is 0 Å². The molecule has 2 aliphatic rings. The van der Waals surface area contributed by atoms with Gasteiger partial charge in [0, 0.05) is 18.3 Å². The lowest BCUT2D eigenvalue weighted by atomic mass is 9.87. The zero-order chi connectivity index (χ0) is 23.5. The van der Waals surface area contributed by atoms with Crippen LogP contribution in [0.5, 0.6) is 0 Å². The summed E-state index contributed by atoms with van der Waals surface area (Å²) in [4.78, 5) is 33.0. The number of para-hydroxylation sites is 1. The summed E-state index contributed by atoms with van der Waals surface area (Å²) in [6.45, 7) is 8.49. The number of carbonyl (C=O) groups excluding carboxylic acids is 2. The molecule has 1 saturated carbocycles. The Labute approximate surface area is 192 Å². The van der Waals surface area contributed by atoms with Crippen LogP contribution >= 0.6 is 0 Å². The molecule has 2 amide bonds. The van der Waals surface area contributed by atoms with E-state index in [9.17, 15) is 14.7 Å². The van der Waals surface area contributed by atoms with E-state index in [0.717, 1.165) is 42.6 Å².